The van der Waals surface area contributed by atoms with Gasteiger partial charge in [0.2, 0.25) is 5.91 Å². The Balaban J connectivity index is 0.00000253. The largest absolute Gasteiger partial charge is 0.356 e. The molecule has 0 saturated carbocycles. The zero-order chi connectivity index (χ0) is 25.8. The molecule has 1 aromatic heterocycles. The summed E-state index contributed by atoms with van der Waals surface area (Å²) in [5.74, 6) is -0.589. The van der Waals surface area contributed by atoms with Crippen molar-refractivity contribution >= 4 is 53.3 Å². The lowest BCUT2D eigenvalue weighted by Crippen LogP contribution is -2.47. The highest BCUT2D eigenvalue weighted by Crippen LogP contribution is 2.29. The number of hydrazine groups is 1. The standard InChI is InChI=1S/C26H33FN6O3.2ClH/c1-5-28-8-9-33(23-12-22-18(3)30-36-24(22)10-17(23)2)26(35)14-29-13-25(34)31(4)32-15-19-6-7-21(27)11-20(19)16-32;;/h6-7,10-12,28-29H,5,8-9,13-16H2,1-4H3;2*1H. The van der Waals surface area contributed by atoms with Gasteiger partial charge >= 0.3 is 0 Å². The Morgan fingerprint density at radius 2 is 1.76 bits per heavy atom. The molecule has 0 bridgehead atoms. The molecule has 0 saturated heterocycles. The summed E-state index contributed by atoms with van der Waals surface area (Å²) in [5, 5.41) is 14.6. The topological polar surface area (TPSA) is 94.0 Å². The second kappa shape index (κ2) is 13.9. The van der Waals surface area contributed by atoms with E-state index in [1.54, 1.807) is 18.0 Å². The van der Waals surface area contributed by atoms with Crippen molar-refractivity contribution in [1.29, 1.82) is 0 Å². The SMILES string of the molecule is CCNCCN(C(=O)CNCC(=O)N(C)N1Cc2ccc(F)cc2C1)c1cc2c(C)noc2cc1C.Cl.Cl. The molecule has 4 rings (SSSR count). The number of aryl methyl sites for hydroxylation is 2. The number of benzene rings is 2. The van der Waals surface area contributed by atoms with Crippen molar-refractivity contribution < 1.29 is 18.5 Å². The molecular weight excluding hydrogens is 534 g/mol. The van der Waals surface area contributed by atoms with Crippen LogP contribution in [0.15, 0.2) is 34.9 Å². The average molecular weight is 570 g/mol. The lowest BCUT2D eigenvalue weighted by molar-refractivity contribution is -0.145. The molecule has 0 unspecified atom stereocenters. The number of rotatable bonds is 10. The van der Waals surface area contributed by atoms with Crippen LogP contribution >= 0.6 is 24.8 Å². The maximum absolute atomic E-state index is 13.5. The third-order valence-electron chi connectivity index (χ3n) is 6.53. The molecule has 2 heterocycles. The first-order chi connectivity index (χ1) is 17.3. The van der Waals surface area contributed by atoms with Crippen LogP contribution in [-0.4, -0.2) is 66.8 Å². The smallest absolute Gasteiger partial charge is 0.250 e. The molecule has 0 atom stereocenters. The number of nitrogens with one attached hydrogen (secondary N) is 2. The van der Waals surface area contributed by atoms with Crippen LogP contribution in [0.1, 0.15) is 29.3 Å². The summed E-state index contributed by atoms with van der Waals surface area (Å²) in [7, 11) is 1.69. The van der Waals surface area contributed by atoms with Gasteiger partial charge in [-0.15, -0.1) is 24.8 Å². The van der Waals surface area contributed by atoms with Crippen LogP contribution in [-0.2, 0) is 22.7 Å². The van der Waals surface area contributed by atoms with E-state index in [1.165, 1.54) is 17.1 Å². The fourth-order valence-corrected chi connectivity index (χ4v) is 4.43. The van der Waals surface area contributed by atoms with Crippen LogP contribution in [0.4, 0.5) is 10.1 Å². The number of anilines is 1. The van der Waals surface area contributed by atoms with Crippen LogP contribution in [0, 0.1) is 19.7 Å². The third kappa shape index (κ3) is 7.00. The number of hydrogen-bond donors (Lipinski definition) is 2. The maximum Gasteiger partial charge on any atom is 0.250 e. The van der Waals surface area contributed by atoms with Gasteiger partial charge in [-0.05, 0) is 61.3 Å². The highest BCUT2D eigenvalue weighted by atomic mass is 35.5. The summed E-state index contributed by atoms with van der Waals surface area (Å²) in [5.41, 5.74) is 5.04. The van der Waals surface area contributed by atoms with Crippen LogP contribution in [0.2, 0.25) is 0 Å². The van der Waals surface area contributed by atoms with Crippen molar-refractivity contribution in [2.24, 2.45) is 0 Å². The third-order valence-corrected chi connectivity index (χ3v) is 6.53. The molecule has 0 fully saturated rings. The summed E-state index contributed by atoms with van der Waals surface area (Å²) < 4.78 is 18.9. The minimum absolute atomic E-state index is 0. The number of carbonyl (C=O) groups is 2. The summed E-state index contributed by atoms with van der Waals surface area (Å²) in [6.07, 6.45) is 0. The number of aromatic nitrogens is 1. The van der Waals surface area contributed by atoms with Crippen molar-refractivity contribution in [3.63, 3.8) is 0 Å². The minimum atomic E-state index is -0.281. The second-order valence-electron chi connectivity index (χ2n) is 9.06. The van der Waals surface area contributed by atoms with E-state index < -0.39 is 0 Å². The van der Waals surface area contributed by atoms with Crippen LogP contribution in [0.25, 0.3) is 11.0 Å². The molecule has 9 nitrogen and oxygen atoms in total. The van der Waals surface area contributed by atoms with Crippen molar-refractivity contribution in [3.05, 3.63) is 58.5 Å². The van der Waals surface area contributed by atoms with Crippen LogP contribution < -0.4 is 15.5 Å². The van der Waals surface area contributed by atoms with Gasteiger partial charge < -0.3 is 14.7 Å². The predicted molar refractivity (Wildman–Crippen MR) is 150 cm³/mol. The van der Waals surface area contributed by atoms with Gasteiger partial charge in [-0.3, -0.25) is 19.9 Å². The lowest BCUT2D eigenvalue weighted by atomic mass is 10.1. The van der Waals surface area contributed by atoms with Gasteiger partial charge in [0.25, 0.3) is 5.91 Å². The Morgan fingerprint density at radius 3 is 2.50 bits per heavy atom. The molecule has 0 spiro atoms. The van der Waals surface area contributed by atoms with Crippen molar-refractivity contribution in [2.75, 3.05) is 44.7 Å². The van der Waals surface area contributed by atoms with Crippen LogP contribution in [0.3, 0.4) is 0 Å². The zero-order valence-electron chi connectivity index (χ0n) is 22.0. The first-order valence-electron chi connectivity index (χ1n) is 12.2. The Bertz CT molecular complexity index is 1270. The number of amides is 2. The molecule has 3 aromatic rings. The number of carbonyl (C=O) groups excluding carboxylic acids is 2. The highest BCUT2D eigenvalue weighted by molar-refractivity contribution is 5.98. The molecular formula is C26H35Cl2FN6O3. The van der Waals surface area contributed by atoms with Crippen molar-refractivity contribution in [3.8, 4) is 0 Å². The summed E-state index contributed by atoms with van der Waals surface area (Å²) in [6, 6.07) is 8.52. The van der Waals surface area contributed by atoms with Gasteiger partial charge in [0.05, 0.1) is 18.8 Å². The first-order valence-corrected chi connectivity index (χ1v) is 12.2. The zero-order valence-corrected chi connectivity index (χ0v) is 23.7. The molecule has 38 heavy (non-hydrogen) atoms. The molecule has 208 valence electrons. The van der Waals surface area contributed by atoms with E-state index in [2.05, 4.69) is 15.8 Å². The number of hydrogen-bond acceptors (Lipinski definition) is 7. The average Bonchev–Trinajstić information content (AvgIpc) is 3.43. The van der Waals surface area contributed by atoms with E-state index in [1.807, 2.05) is 37.9 Å². The quantitative estimate of drug-likeness (QED) is 0.362. The van der Waals surface area contributed by atoms with E-state index >= 15 is 0 Å². The van der Waals surface area contributed by atoms with E-state index in [0.29, 0.717) is 31.8 Å². The number of halogens is 3. The fraction of sp³-hybridized carbons (Fsp3) is 0.423. The molecule has 2 amide bonds. The second-order valence-corrected chi connectivity index (χ2v) is 9.06. The van der Waals surface area contributed by atoms with Crippen molar-refractivity contribution in [2.45, 2.75) is 33.9 Å². The van der Waals surface area contributed by atoms with Gasteiger partial charge in [0, 0.05) is 44.3 Å². The normalized spacial score (nSPS) is 12.6. The lowest BCUT2D eigenvalue weighted by Gasteiger charge is -2.28. The van der Waals surface area contributed by atoms with E-state index in [4.69, 9.17) is 4.52 Å². The predicted octanol–water partition coefficient (Wildman–Crippen LogP) is 3.35. The molecule has 1 aliphatic heterocycles. The van der Waals surface area contributed by atoms with Gasteiger partial charge in [-0.2, -0.15) is 0 Å². The number of fused-ring (bicyclic) bond motifs is 2. The molecule has 0 aliphatic carbocycles. The minimum Gasteiger partial charge on any atom is -0.356 e. The molecule has 2 aromatic carbocycles. The van der Waals surface area contributed by atoms with E-state index in [0.717, 1.165) is 40.0 Å². The van der Waals surface area contributed by atoms with Gasteiger partial charge in [-0.1, -0.05) is 18.1 Å². The summed E-state index contributed by atoms with van der Waals surface area (Å²) >= 11 is 0. The summed E-state index contributed by atoms with van der Waals surface area (Å²) in [6.45, 7) is 8.78. The van der Waals surface area contributed by atoms with Crippen molar-refractivity contribution in [1.82, 2.24) is 25.8 Å². The maximum atomic E-state index is 13.5. The Labute approximate surface area is 234 Å². The molecule has 1 aliphatic rings. The van der Waals surface area contributed by atoms with Gasteiger partial charge in [0.15, 0.2) is 5.58 Å². The first kappa shape index (κ1) is 31.5. The van der Waals surface area contributed by atoms with E-state index in [9.17, 15) is 14.0 Å². The number of nitrogens with zero attached hydrogens (tertiary/aromatic N) is 4. The Morgan fingerprint density at radius 1 is 1.05 bits per heavy atom. The Hall–Kier alpha value is -2.76. The number of likely N-dealkylation sites (N-methyl/N-ethyl adjacent to an activating group) is 2. The highest BCUT2D eigenvalue weighted by Gasteiger charge is 2.26. The Kier molecular flexibility index (Phi) is 11.5. The molecule has 0 radical (unpaired) electrons. The summed E-state index contributed by atoms with van der Waals surface area (Å²) in [4.78, 5) is 27.8. The van der Waals surface area contributed by atoms with Gasteiger partial charge in [-0.25, -0.2) is 9.40 Å². The van der Waals surface area contributed by atoms with Crippen LogP contribution in [0.5, 0.6) is 0 Å². The molecule has 2 N–H and O–H groups in total. The van der Waals surface area contributed by atoms with E-state index in [-0.39, 0.29) is 55.5 Å². The monoisotopic (exact) mass is 568 g/mol. The fourth-order valence-electron chi connectivity index (χ4n) is 4.43. The molecule has 12 heteroatoms. The van der Waals surface area contributed by atoms with Gasteiger partial charge in [0.1, 0.15) is 5.82 Å².